The van der Waals surface area contributed by atoms with Gasteiger partial charge in [-0.3, -0.25) is 38.8 Å². The Morgan fingerprint density at radius 3 is 1.30 bits per heavy atom. The van der Waals surface area contributed by atoms with Gasteiger partial charge in [0, 0.05) is 109 Å². The van der Waals surface area contributed by atoms with Crippen LogP contribution in [0.4, 0.5) is 4.79 Å². The van der Waals surface area contributed by atoms with E-state index in [4.69, 9.17) is 9.22 Å². The van der Waals surface area contributed by atoms with Crippen LogP contribution in [0.3, 0.4) is 0 Å². The molecule has 15 heteroatoms. The van der Waals surface area contributed by atoms with Crippen molar-refractivity contribution >= 4 is 36.1 Å². The molecule has 0 aromatic rings. The SMILES string of the molecule is CC(=O)CN1CCN(C(=O)O)CC1.CC(=O)CN1CCN(C=O)CC1.CN1CCN(CC=O)CC1.[2H]C([2H])([2H])N1CCN(CC(C)=O)CC1. The fourth-order valence-corrected chi connectivity index (χ4v) is 5.11. The standard InChI is InChI=1S/C8H14N2O3.C8H14N2O2.C8H16N2O.C7H14N2O/c1-7(11)6-9-2-4-10(5-3-9)8(12)13;1-8(12)6-9-2-4-10(7-11)5-3-9;1-8(11)7-10-5-3-9(2)4-6-10;1-8-2-4-9(5-3-8)6-7-10/h2-6H2,1H3,(H,12,13);7H,2-6H2,1H3;3-7H2,1-2H3;7H,2-6H2,1H3/i;;2D3;. The third-order valence-electron chi connectivity index (χ3n) is 7.84. The molecule has 0 saturated carbocycles. The molecule has 46 heavy (non-hydrogen) atoms. The summed E-state index contributed by atoms with van der Waals surface area (Å²) in [7, 11) is 2.11. The number of amides is 2. The van der Waals surface area contributed by atoms with Crippen LogP contribution in [-0.2, 0) is 24.0 Å². The minimum atomic E-state index is -1.98. The van der Waals surface area contributed by atoms with Crippen molar-refractivity contribution in [3.63, 3.8) is 0 Å². The third kappa shape index (κ3) is 19.6. The molecule has 0 aromatic carbocycles. The summed E-state index contributed by atoms with van der Waals surface area (Å²) >= 11 is 0. The highest BCUT2D eigenvalue weighted by molar-refractivity contribution is 5.78. The maximum atomic E-state index is 10.8. The number of carbonyl (C=O) groups is 6. The molecule has 4 aliphatic rings. The Balaban J connectivity index is 0.000000329. The van der Waals surface area contributed by atoms with Crippen molar-refractivity contribution < 1.29 is 38.0 Å². The Hall–Kier alpha value is -2.82. The quantitative estimate of drug-likeness (QED) is 0.286. The largest absolute Gasteiger partial charge is 0.465 e. The van der Waals surface area contributed by atoms with Crippen LogP contribution in [0.5, 0.6) is 0 Å². The number of aldehydes is 1. The predicted octanol–water partition coefficient (Wildman–Crippen LogP) is -1.52. The van der Waals surface area contributed by atoms with Gasteiger partial charge in [-0.1, -0.05) is 0 Å². The first-order valence-electron chi connectivity index (χ1n) is 17.5. The zero-order valence-corrected chi connectivity index (χ0v) is 28.3. The average molecular weight is 658 g/mol. The van der Waals surface area contributed by atoms with Gasteiger partial charge in [0.15, 0.2) is 0 Å². The first-order valence-corrected chi connectivity index (χ1v) is 16.0. The summed E-state index contributed by atoms with van der Waals surface area (Å²) in [6.07, 6.45) is 0.971. The van der Waals surface area contributed by atoms with E-state index < -0.39 is 13.1 Å². The normalized spacial score (nSPS) is 21.8. The molecule has 264 valence electrons. The zero-order valence-electron chi connectivity index (χ0n) is 31.3. The Labute approximate surface area is 279 Å². The number of carbonyl (C=O) groups excluding carboxylic acids is 5. The van der Waals surface area contributed by atoms with Gasteiger partial charge in [0.25, 0.3) is 0 Å². The molecule has 0 radical (unpaired) electrons. The molecule has 2 amide bonds. The van der Waals surface area contributed by atoms with E-state index >= 15 is 0 Å². The maximum absolute atomic E-state index is 10.8. The van der Waals surface area contributed by atoms with Gasteiger partial charge >= 0.3 is 6.09 Å². The molecule has 0 unspecified atom stereocenters. The van der Waals surface area contributed by atoms with E-state index in [0.29, 0.717) is 78.5 Å². The minimum Gasteiger partial charge on any atom is -0.465 e. The molecule has 0 atom stereocenters. The van der Waals surface area contributed by atoms with E-state index in [1.54, 1.807) is 25.7 Å². The van der Waals surface area contributed by atoms with Crippen LogP contribution in [0.15, 0.2) is 0 Å². The van der Waals surface area contributed by atoms with E-state index in [0.717, 1.165) is 65.1 Å². The second-order valence-electron chi connectivity index (χ2n) is 12.1. The molecule has 4 heterocycles. The Morgan fingerprint density at radius 2 is 0.957 bits per heavy atom. The summed E-state index contributed by atoms with van der Waals surface area (Å²) in [6, 6.07) is 0. The lowest BCUT2D eigenvalue weighted by Gasteiger charge is -2.32. The van der Waals surface area contributed by atoms with Gasteiger partial charge in [0.1, 0.15) is 23.6 Å². The highest BCUT2D eigenvalue weighted by atomic mass is 16.4. The van der Waals surface area contributed by atoms with Crippen LogP contribution in [0, 0.1) is 0 Å². The summed E-state index contributed by atoms with van der Waals surface area (Å²) in [4.78, 5) is 78.3. The van der Waals surface area contributed by atoms with Crippen LogP contribution in [0.2, 0.25) is 0 Å². The first-order chi connectivity index (χ1) is 23.0. The maximum Gasteiger partial charge on any atom is 0.407 e. The Kier molecular flexibility index (Phi) is 18.4. The molecule has 4 fully saturated rings. The third-order valence-corrected chi connectivity index (χ3v) is 7.84. The number of Topliss-reactive ketones (excluding diaryl/α,β-unsaturated/α-hetero) is 3. The van der Waals surface area contributed by atoms with Crippen molar-refractivity contribution in [1.29, 1.82) is 0 Å². The van der Waals surface area contributed by atoms with E-state index in [1.165, 1.54) is 9.80 Å². The van der Waals surface area contributed by atoms with Gasteiger partial charge in [-0.25, -0.2) is 4.79 Å². The number of hydrogen-bond donors (Lipinski definition) is 1. The Bertz CT molecular complexity index is 1020. The van der Waals surface area contributed by atoms with Gasteiger partial charge < -0.3 is 29.5 Å². The second-order valence-corrected chi connectivity index (χ2v) is 12.1. The molecule has 4 rings (SSSR count). The van der Waals surface area contributed by atoms with E-state index in [2.05, 4.69) is 21.7 Å². The number of likely N-dealkylation sites (N-methyl/N-ethyl adjacent to an activating group) is 2. The van der Waals surface area contributed by atoms with Crippen molar-refractivity contribution in [2.45, 2.75) is 20.8 Å². The topological polar surface area (TPSA) is 149 Å². The predicted molar refractivity (Wildman–Crippen MR) is 176 cm³/mol. The Morgan fingerprint density at radius 1 is 0.587 bits per heavy atom. The highest BCUT2D eigenvalue weighted by Crippen LogP contribution is 2.02. The summed E-state index contributed by atoms with van der Waals surface area (Å²) in [5, 5.41) is 8.65. The zero-order chi connectivity index (χ0) is 37.0. The second kappa shape index (κ2) is 23.5. The molecule has 4 saturated heterocycles. The molecule has 0 aromatic heterocycles. The fourth-order valence-electron chi connectivity index (χ4n) is 5.11. The average Bonchev–Trinajstić information content (AvgIpc) is 3.03. The number of ketones is 3. The molecule has 4 aliphatic heterocycles. The summed E-state index contributed by atoms with van der Waals surface area (Å²) in [5.74, 6) is 0.450. The van der Waals surface area contributed by atoms with Crippen LogP contribution in [0.1, 0.15) is 24.9 Å². The molecular weight excluding hydrogens is 596 g/mol. The smallest absolute Gasteiger partial charge is 0.407 e. The monoisotopic (exact) mass is 657 g/mol. The van der Waals surface area contributed by atoms with Crippen molar-refractivity contribution in [3.05, 3.63) is 0 Å². The van der Waals surface area contributed by atoms with Crippen molar-refractivity contribution in [3.8, 4) is 0 Å². The van der Waals surface area contributed by atoms with E-state index in [1.807, 2.05) is 9.80 Å². The van der Waals surface area contributed by atoms with Crippen molar-refractivity contribution in [2.75, 3.05) is 145 Å². The highest BCUT2D eigenvalue weighted by Gasteiger charge is 2.20. The number of rotatable bonds is 9. The number of piperazine rings is 4. The summed E-state index contributed by atoms with van der Waals surface area (Å²) in [6.45, 7) is 16.8. The lowest BCUT2D eigenvalue weighted by Crippen LogP contribution is -2.49. The number of hydrogen-bond acceptors (Lipinski definition) is 12. The number of carboxylic acid groups (broad SMARTS) is 1. The lowest BCUT2D eigenvalue weighted by molar-refractivity contribution is -0.121. The van der Waals surface area contributed by atoms with Gasteiger partial charge in [0.05, 0.1) is 26.2 Å². The van der Waals surface area contributed by atoms with E-state index in [9.17, 15) is 28.8 Å². The van der Waals surface area contributed by atoms with Crippen molar-refractivity contribution in [1.82, 2.24) is 39.2 Å². The van der Waals surface area contributed by atoms with Crippen molar-refractivity contribution in [2.24, 2.45) is 0 Å². The molecule has 0 bridgehead atoms. The first kappa shape index (κ1) is 36.0. The number of nitrogens with zero attached hydrogens (tertiary/aromatic N) is 8. The van der Waals surface area contributed by atoms with Crippen LogP contribution >= 0.6 is 0 Å². The molecule has 0 aliphatic carbocycles. The molecular formula is C31H58N8O7. The molecule has 15 nitrogen and oxygen atoms in total. The summed E-state index contributed by atoms with van der Waals surface area (Å²) in [5.41, 5.74) is 0. The van der Waals surface area contributed by atoms with Crippen LogP contribution in [0.25, 0.3) is 0 Å². The van der Waals surface area contributed by atoms with E-state index in [-0.39, 0.29) is 17.3 Å². The van der Waals surface area contributed by atoms with Gasteiger partial charge in [-0.15, -0.1) is 0 Å². The van der Waals surface area contributed by atoms with Gasteiger partial charge in [-0.05, 0) is 34.8 Å². The van der Waals surface area contributed by atoms with Gasteiger partial charge in [-0.2, -0.15) is 0 Å². The minimum absolute atomic E-state index is 0.128. The molecule has 0 spiro atoms. The molecule has 1 N–H and O–H groups in total. The van der Waals surface area contributed by atoms with Crippen LogP contribution < -0.4 is 0 Å². The summed E-state index contributed by atoms with van der Waals surface area (Å²) < 4.78 is 21.6. The van der Waals surface area contributed by atoms with Gasteiger partial charge in [0.2, 0.25) is 6.41 Å². The lowest BCUT2D eigenvalue weighted by atomic mass is 10.3. The fraction of sp³-hybridized carbons (Fsp3) is 0.806. The van der Waals surface area contributed by atoms with Crippen LogP contribution in [-0.4, -0.2) is 225 Å².